The summed E-state index contributed by atoms with van der Waals surface area (Å²) in [5.41, 5.74) is 2.90. The molecule has 0 saturated heterocycles. The number of nitro benzene ring substituents is 1. The van der Waals surface area contributed by atoms with Crippen molar-refractivity contribution in [3.63, 3.8) is 0 Å². The summed E-state index contributed by atoms with van der Waals surface area (Å²) >= 11 is 2.57. The van der Waals surface area contributed by atoms with Crippen molar-refractivity contribution < 1.29 is 14.5 Å². The molecule has 10 nitrogen and oxygen atoms in total. The Morgan fingerprint density at radius 2 is 2.16 bits per heavy atom. The summed E-state index contributed by atoms with van der Waals surface area (Å²) in [6.45, 7) is 0.260. The van der Waals surface area contributed by atoms with E-state index in [1.807, 2.05) is 5.38 Å². The number of thiazole rings is 1. The van der Waals surface area contributed by atoms with Crippen molar-refractivity contribution in [3.05, 3.63) is 81.1 Å². The third-order valence-corrected chi connectivity index (χ3v) is 6.04. The van der Waals surface area contributed by atoms with Crippen LogP contribution in [0.15, 0.2) is 69.7 Å². The average Bonchev–Trinajstić information content (AvgIpc) is 3.45. The number of para-hydroxylation sites is 2. The summed E-state index contributed by atoms with van der Waals surface area (Å²) in [6, 6.07) is 11.3. The van der Waals surface area contributed by atoms with Crippen molar-refractivity contribution >= 4 is 40.4 Å². The SMILES string of the molecule is Cn1cnnc1Sc1ccc(C(=O)Nc2ccccc2OCc2cscn2)cc1[N+](=O)[O-]. The van der Waals surface area contributed by atoms with Gasteiger partial charge in [0, 0.05) is 24.1 Å². The summed E-state index contributed by atoms with van der Waals surface area (Å²) in [7, 11) is 1.74. The van der Waals surface area contributed by atoms with Crippen LogP contribution < -0.4 is 10.1 Å². The molecule has 4 rings (SSSR count). The second-order valence-electron chi connectivity index (χ2n) is 6.48. The molecule has 162 valence electrons. The lowest BCUT2D eigenvalue weighted by molar-refractivity contribution is -0.387. The van der Waals surface area contributed by atoms with Crippen LogP contribution >= 0.6 is 23.1 Å². The van der Waals surface area contributed by atoms with E-state index in [9.17, 15) is 14.9 Å². The Bertz CT molecular complexity index is 1260. The zero-order valence-electron chi connectivity index (χ0n) is 16.7. The second-order valence-corrected chi connectivity index (χ2v) is 8.21. The molecule has 0 atom stereocenters. The van der Waals surface area contributed by atoms with E-state index >= 15 is 0 Å². The summed E-state index contributed by atoms with van der Waals surface area (Å²) in [5, 5.41) is 24.4. The number of amides is 1. The molecule has 4 aromatic rings. The van der Waals surface area contributed by atoms with Gasteiger partial charge in [-0.05, 0) is 36.0 Å². The van der Waals surface area contributed by atoms with Crippen molar-refractivity contribution in [2.45, 2.75) is 16.7 Å². The first-order chi connectivity index (χ1) is 15.5. The lowest BCUT2D eigenvalue weighted by Crippen LogP contribution is -2.13. The monoisotopic (exact) mass is 468 g/mol. The molecular weight excluding hydrogens is 452 g/mol. The van der Waals surface area contributed by atoms with Crippen LogP contribution in [0.4, 0.5) is 11.4 Å². The molecule has 0 radical (unpaired) electrons. The number of nitrogens with zero attached hydrogens (tertiary/aromatic N) is 5. The van der Waals surface area contributed by atoms with Gasteiger partial charge in [-0.25, -0.2) is 4.98 Å². The lowest BCUT2D eigenvalue weighted by atomic mass is 10.2. The number of aryl methyl sites for hydroxylation is 1. The molecule has 32 heavy (non-hydrogen) atoms. The minimum absolute atomic E-state index is 0.147. The van der Waals surface area contributed by atoms with Crippen LogP contribution in [-0.4, -0.2) is 30.6 Å². The Morgan fingerprint density at radius 1 is 1.31 bits per heavy atom. The van der Waals surface area contributed by atoms with E-state index < -0.39 is 10.8 Å². The summed E-state index contributed by atoms with van der Waals surface area (Å²) in [5.74, 6) is -0.0224. The number of ether oxygens (including phenoxy) is 1. The van der Waals surface area contributed by atoms with Crippen LogP contribution in [0.25, 0.3) is 0 Å². The zero-order valence-corrected chi connectivity index (χ0v) is 18.3. The standard InChI is InChI=1S/C20H16N6O4S2/c1-25-11-22-24-20(25)32-18-7-6-13(8-16(18)26(28)29)19(27)23-15-4-2-3-5-17(15)30-9-14-10-31-12-21-14/h2-8,10-12H,9H2,1H3,(H,23,27). The van der Waals surface area contributed by atoms with Crippen LogP contribution in [-0.2, 0) is 13.7 Å². The Morgan fingerprint density at radius 3 is 2.88 bits per heavy atom. The highest BCUT2D eigenvalue weighted by atomic mass is 32.2. The Labute approximate surface area is 190 Å². The predicted octanol–water partition coefficient (Wildman–Crippen LogP) is 4.16. The van der Waals surface area contributed by atoms with Gasteiger partial charge in [0.25, 0.3) is 11.6 Å². The van der Waals surface area contributed by atoms with Gasteiger partial charge in [-0.1, -0.05) is 12.1 Å². The van der Waals surface area contributed by atoms with Gasteiger partial charge in [-0.3, -0.25) is 14.9 Å². The molecule has 1 N–H and O–H groups in total. The number of rotatable bonds is 8. The number of hydrogen-bond acceptors (Lipinski definition) is 9. The van der Waals surface area contributed by atoms with E-state index in [-0.39, 0.29) is 17.9 Å². The maximum Gasteiger partial charge on any atom is 0.284 e. The molecule has 12 heteroatoms. The van der Waals surface area contributed by atoms with E-state index in [1.165, 1.54) is 35.9 Å². The first-order valence-electron chi connectivity index (χ1n) is 9.22. The van der Waals surface area contributed by atoms with Crippen LogP contribution in [0.3, 0.4) is 0 Å². The molecule has 2 aromatic carbocycles. The van der Waals surface area contributed by atoms with E-state index in [1.54, 1.807) is 41.4 Å². The Kier molecular flexibility index (Phi) is 6.42. The van der Waals surface area contributed by atoms with Gasteiger partial charge in [0.05, 0.1) is 26.7 Å². The number of carbonyl (C=O) groups excluding carboxylic acids is 1. The molecule has 0 fully saturated rings. The van der Waals surface area contributed by atoms with Crippen molar-refractivity contribution in [2.24, 2.45) is 7.05 Å². The van der Waals surface area contributed by atoms with E-state index in [0.717, 1.165) is 17.5 Å². The van der Waals surface area contributed by atoms with E-state index in [0.29, 0.717) is 21.5 Å². The van der Waals surface area contributed by atoms with E-state index in [4.69, 9.17) is 4.74 Å². The normalized spacial score (nSPS) is 10.7. The van der Waals surface area contributed by atoms with E-state index in [2.05, 4.69) is 20.5 Å². The molecule has 0 spiro atoms. The first-order valence-corrected chi connectivity index (χ1v) is 11.0. The van der Waals surface area contributed by atoms with Crippen molar-refractivity contribution in [2.75, 3.05) is 5.32 Å². The fourth-order valence-electron chi connectivity index (χ4n) is 2.70. The van der Waals surface area contributed by atoms with Crippen LogP contribution in [0.2, 0.25) is 0 Å². The fourth-order valence-corrected chi connectivity index (χ4v) is 4.09. The number of nitrogens with one attached hydrogen (secondary N) is 1. The number of benzene rings is 2. The van der Waals surface area contributed by atoms with Crippen molar-refractivity contribution in [3.8, 4) is 5.75 Å². The highest BCUT2D eigenvalue weighted by molar-refractivity contribution is 7.99. The lowest BCUT2D eigenvalue weighted by Gasteiger charge is -2.12. The number of anilines is 1. The summed E-state index contributed by atoms with van der Waals surface area (Å²) in [6.07, 6.45) is 1.50. The molecule has 0 aliphatic rings. The molecule has 0 saturated carbocycles. The number of hydrogen-bond donors (Lipinski definition) is 1. The minimum atomic E-state index is -0.527. The topological polar surface area (TPSA) is 125 Å². The van der Waals surface area contributed by atoms with Gasteiger partial charge >= 0.3 is 0 Å². The van der Waals surface area contributed by atoms with Gasteiger partial charge in [0.1, 0.15) is 18.7 Å². The number of nitro groups is 1. The number of aromatic nitrogens is 4. The summed E-state index contributed by atoms with van der Waals surface area (Å²) < 4.78 is 7.42. The second kappa shape index (κ2) is 9.58. The maximum absolute atomic E-state index is 12.8. The number of carbonyl (C=O) groups is 1. The fraction of sp³-hybridized carbons (Fsp3) is 0.100. The van der Waals surface area contributed by atoms with Crippen LogP contribution in [0.5, 0.6) is 5.75 Å². The first kappa shape index (κ1) is 21.5. The van der Waals surface area contributed by atoms with Gasteiger partial charge in [0.2, 0.25) is 0 Å². The molecule has 2 aromatic heterocycles. The van der Waals surface area contributed by atoms with Crippen molar-refractivity contribution in [1.82, 2.24) is 19.7 Å². The van der Waals surface area contributed by atoms with Gasteiger partial charge < -0.3 is 14.6 Å². The third kappa shape index (κ3) is 4.92. The molecule has 2 heterocycles. The molecule has 0 aliphatic carbocycles. The average molecular weight is 469 g/mol. The Balaban J connectivity index is 1.53. The smallest absolute Gasteiger partial charge is 0.284 e. The largest absolute Gasteiger partial charge is 0.485 e. The maximum atomic E-state index is 12.8. The highest BCUT2D eigenvalue weighted by Crippen LogP contribution is 2.34. The zero-order chi connectivity index (χ0) is 22.5. The highest BCUT2D eigenvalue weighted by Gasteiger charge is 2.20. The van der Waals surface area contributed by atoms with Gasteiger partial charge in [-0.2, -0.15) is 0 Å². The third-order valence-electron chi connectivity index (χ3n) is 4.28. The van der Waals surface area contributed by atoms with Gasteiger partial charge in [-0.15, -0.1) is 21.5 Å². The van der Waals surface area contributed by atoms with Crippen LogP contribution in [0.1, 0.15) is 16.1 Å². The van der Waals surface area contributed by atoms with Crippen molar-refractivity contribution in [1.29, 1.82) is 0 Å². The Hall–Kier alpha value is -3.77. The van der Waals surface area contributed by atoms with Crippen LogP contribution in [0, 0.1) is 10.1 Å². The van der Waals surface area contributed by atoms with Gasteiger partial charge in [0.15, 0.2) is 5.16 Å². The predicted molar refractivity (Wildman–Crippen MR) is 119 cm³/mol. The molecule has 0 unspecified atom stereocenters. The molecule has 0 aliphatic heterocycles. The molecular formula is C20H16N6O4S2. The molecule has 0 bridgehead atoms. The summed E-state index contributed by atoms with van der Waals surface area (Å²) in [4.78, 5) is 28.4. The molecule has 1 amide bonds. The minimum Gasteiger partial charge on any atom is -0.485 e. The quantitative estimate of drug-likeness (QED) is 0.302.